The molecule has 0 saturated heterocycles. The van der Waals surface area contributed by atoms with Crippen LogP contribution < -0.4 is 9.62 Å². The van der Waals surface area contributed by atoms with Crippen molar-refractivity contribution in [2.24, 2.45) is 5.92 Å². The number of halogens is 3. The second kappa shape index (κ2) is 14.0. The largest absolute Gasteiger partial charge is 0.354 e. The minimum Gasteiger partial charge on any atom is -0.354 e. The number of amides is 2. The van der Waals surface area contributed by atoms with Crippen LogP contribution in [0.3, 0.4) is 0 Å². The lowest BCUT2D eigenvalue weighted by Crippen LogP contribution is -2.53. The third-order valence-electron chi connectivity index (χ3n) is 6.11. The van der Waals surface area contributed by atoms with Crippen LogP contribution in [0.2, 0.25) is 10.0 Å². The molecule has 1 N–H and O–H groups in total. The molecule has 3 aromatic carbocycles. The van der Waals surface area contributed by atoms with Gasteiger partial charge < -0.3 is 10.2 Å². The van der Waals surface area contributed by atoms with Crippen molar-refractivity contribution in [2.45, 2.75) is 32.9 Å². The summed E-state index contributed by atoms with van der Waals surface area (Å²) in [6.07, 6.45) is 1.08. The van der Waals surface area contributed by atoms with Crippen LogP contribution in [0.15, 0.2) is 72.8 Å². The average Bonchev–Trinajstić information content (AvgIpc) is 2.89. The summed E-state index contributed by atoms with van der Waals surface area (Å²) in [6.45, 7) is 3.31. The van der Waals surface area contributed by atoms with E-state index in [-0.39, 0.29) is 35.2 Å². The molecule has 0 heterocycles. The van der Waals surface area contributed by atoms with Gasteiger partial charge in [0.25, 0.3) is 0 Å². The summed E-state index contributed by atoms with van der Waals surface area (Å²) in [4.78, 5) is 28.8. The first-order valence-corrected chi connectivity index (χ1v) is 15.2. The maximum Gasteiger partial charge on any atom is 0.244 e. The lowest BCUT2D eigenvalue weighted by Gasteiger charge is -2.34. The zero-order valence-electron chi connectivity index (χ0n) is 22.5. The molecule has 1 atom stereocenters. The lowest BCUT2D eigenvalue weighted by atomic mass is 10.0. The average molecular weight is 609 g/mol. The summed E-state index contributed by atoms with van der Waals surface area (Å²) < 4.78 is 41.3. The molecule has 0 radical (unpaired) electrons. The van der Waals surface area contributed by atoms with Crippen molar-refractivity contribution in [1.82, 2.24) is 10.2 Å². The van der Waals surface area contributed by atoms with Gasteiger partial charge in [-0.05, 0) is 35.7 Å². The van der Waals surface area contributed by atoms with Crippen molar-refractivity contribution in [2.75, 3.05) is 23.7 Å². The highest BCUT2D eigenvalue weighted by molar-refractivity contribution is 7.92. The fourth-order valence-electron chi connectivity index (χ4n) is 4.06. The van der Waals surface area contributed by atoms with Gasteiger partial charge in [-0.2, -0.15) is 0 Å². The molecule has 0 unspecified atom stereocenters. The first kappa shape index (κ1) is 31.4. The Kier molecular flexibility index (Phi) is 11.0. The van der Waals surface area contributed by atoms with Crippen LogP contribution in [-0.2, 0) is 32.6 Å². The van der Waals surface area contributed by atoms with Gasteiger partial charge in [0.2, 0.25) is 21.8 Å². The smallest absolute Gasteiger partial charge is 0.244 e. The van der Waals surface area contributed by atoms with Gasteiger partial charge in [0, 0.05) is 30.1 Å². The van der Waals surface area contributed by atoms with Crippen LogP contribution in [0.1, 0.15) is 25.0 Å². The molecule has 40 heavy (non-hydrogen) atoms. The van der Waals surface area contributed by atoms with E-state index in [1.165, 1.54) is 41.3 Å². The summed E-state index contributed by atoms with van der Waals surface area (Å²) in [5, 5.41) is 3.20. The highest BCUT2D eigenvalue weighted by Crippen LogP contribution is 2.30. The van der Waals surface area contributed by atoms with E-state index in [0.29, 0.717) is 11.6 Å². The van der Waals surface area contributed by atoms with Crippen LogP contribution in [-0.4, -0.2) is 50.5 Å². The minimum absolute atomic E-state index is 0.0295. The molecule has 0 aromatic heterocycles. The number of carbonyl (C=O) groups is 2. The number of sulfonamides is 1. The van der Waals surface area contributed by atoms with Crippen LogP contribution in [0.25, 0.3) is 0 Å². The number of hydrogen-bond acceptors (Lipinski definition) is 4. The van der Waals surface area contributed by atoms with Crippen LogP contribution in [0, 0.1) is 11.7 Å². The monoisotopic (exact) mass is 607 g/mol. The fourth-order valence-corrected chi connectivity index (χ4v) is 5.49. The van der Waals surface area contributed by atoms with E-state index in [1.54, 1.807) is 6.07 Å². The van der Waals surface area contributed by atoms with Gasteiger partial charge in [-0.1, -0.05) is 85.6 Å². The highest BCUT2D eigenvalue weighted by Gasteiger charge is 2.34. The molecule has 0 aliphatic rings. The Hall–Kier alpha value is -3.14. The van der Waals surface area contributed by atoms with Crippen LogP contribution >= 0.6 is 23.2 Å². The van der Waals surface area contributed by atoms with Gasteiger partial charge in [-0.15, -0.1) is 0 Å². The summed E-state index contributed by atoms with van der Waals surface area (Å²) in [5.74, 6) is -1.55. The van der Waals surface area contributed by atoms with E-state index in [4.69, 9.17) is 23.2 Å². The van der Waals surface area contributed by atoms with Crippen molar-refractivity contribution < 1.29 is 22.4 Å². The third kappa shape index (κ3) is 8.68. The van der Waals surface area contributed by atoms with Crippen molar-refractivity contribution in [3.63, 3.8) is 0 Å². The zero-order chi connectivity index (χ0) is 29.4. The molecule has 0 saturated carbocycles. The maximum atomic E-state index is 14.8. The third-order valence-corrected chi connectivity index (χ3v) is 7.78. The van der Waals surface area contributed by atoms with Gasteiger partial charge in [-0.25, -0.2) is 12.8 Å². The van der Waals surface area contributed by atoms with E-state index in [0.717, 1.165) is 16.1 Å². The number of hydrogen-bond donors (Lipinski definition) is 1. The van der Waals surface area contributed by atoms with E-state index in [9.17, 15) is 22.4 Å². The standard InChI is InChI=1S/C29H32Cl2FN3O4S/c1-20(2)17-33-29(37)27(15-21-9-5-4-6-10-21)34(18-22-11-7-8-12-25(22)32)28(36)19-35(40(3,38)39)26-14-13-23(30)16-24(26)31/h4-14,16,20,27H,15,17-19H2,1-3H3,(H,33,37)/t27-/m1/s1. The van der Waals surface area contributed by atoms with E-state index < -0.39 is 40.2 Å². The fraction of sp³-hybridized carbons (Fsp3) is 0.310. The van der Waals surface area contributed by atoms with Gasteiger partial charge >= 0.3 is 0 Å². The number of rotatable bonds is 12. The summed E-state index contributed by atoms with van der Waals surface area (Å²) in [6, 6.07) is 18.2. The van der Waals surface area contributed by atoms with Crippen LogP contribution in [0.4, 0.5) is 10.1 Å². The normalized spacial score (nSPS) is 12.2. The molecule has 7 nitrogen and oxygen atoms in total. The SMILES string of the molecule is CC(C)CNC(=O)[C@@H](Cc1ccccc1)N(Cc1ccccc1F)C(=O)CN(c1ccc(Cl)cc1Cl)S(C)(=O)=O. The molecular weight excluding hydrogens is 576 g/mol. The zero-order valence-corrected chi connectivity index (χ0v) is 24.8. The second-order valence-electron chi connectivity index (χ2n) is 9.82. The molecule has 3 aromatic rings. The number of anilines is 1. The highest BCUT2D eigenvalue weighted by atomic mass is 35.5. The Bertz CT molecular complexity index is 1440. The Morgan fingerprint density at radius 3 is 2.23 bits per heavy atom. The van der Waals surface area contributed by atoms with Gasteiger partial charge in [0.1, 0.15) is 18.4 Å². The second-order valence-corrected chi connectivity index (χ2v) is 12.6. The van der Waals surface area contributed by atoms with Gasteiger partial charge in [-0.3, -0.25) is 13.9 Å². The summed E-state index contributed by atoms with van der Waals surface area (Å²) >= 11 is 12.3. The van der Waals surface area contributed by atoms with Crippen molar-refractivity contribution in [3.05, 3.63) is 99.8 Å². The molecule has 0 bridgehead atoms. The summed E-state index contributed by atoms with van der Waals surface area (Å²) in [5.41, 5.74) is 1.01. The molecule has 11 heteroatoms. The van der Waals surface area contributed by atoms with Crippen LogP contribution in [0.5, 0.6) is 0 Å². The first-order chi connectivity index (χ1) is 18.9. The molecule has 2 amide bonds. The molecule has 0 fully saturated rings. The lowest BCUT2D eigenvalue weighted by molar-refractivity contribution is -0.140. The van der Waals surface area contributed by atoms with Gasteiger partial charge in [0.05, 0.1) is 17.0 Å². The Morgan fingerprint density at radius 1 is 0.975 bits per heavy atom. The number of nitrogens with one attached hydrogen (secondary N) is 1. The molecule has 0 aliphatic carbocycles. The number of benzene rings is 3. The predicted octanol–water partition coefficient (Wildman–Crippen LogP) is 5.31. The summed E-state index contributed by atoms with van der Waals surface area (Å²) in [7, 11) is -4.01. The maximum absolute atomic E-state index is 14.8. The minimum atomic E-state index is -4.01. The predicted molar refractivity (Wildman–Crippen MR) is 157 cm³/mol. The Balaban J connectivity index is 2.08. The molecular formula is C29H32Cl2FN3O4S. The Labute approximate surface area is 244 Å². The van der Waals surface area contributed by atoms with Gasteiger partial charge in [0.15, 0.2) is 0 Å². The number of nitrogens with zero attached hydrogens (tertiary/aromatic N) is 2. The van der Waals surface area contributed by atoms with E-state index >= 15 is 0 Å². The topological polar surface area (TPSA) is 86.8 Å². The molecule has 0 spiro atoms. The van der Waals surface area contributed by atoms with Crippen molar-refractivity contribution >= 4 is 50.7 Å². The first-order valence-electron chi connectivity index (χ1n) is 12.6. The quantitative estimate of drug-likeness (QED) is 0.302. The van der Waals surface area contributed by atoms with Crippen molar-refractivity contribution in [3.8, 4) is 0 Å². The van der Waals surface area contributed by atoms with Crippen molar-refractivity contribution in [1.29, 1.82) is 0 Å². The van der Waals surface area contributed by atoms with E-state index in [2.05, 4.69) is 5.32 Å². The van der Waals surface area contributed by atoms with E-state index in [1.807, 2.05) is 44.2 Å². The molecule has 214 valence electrons. The number of carbonyl (C=O) groups excluding carboxylic acids is 2. The molecule has 0 aliphatic heterocycles. The molecule has 3 rings (SSSR count). The Morgan fingerprint density at radius 2 is 1.62 bits per heavy atom.